The van der Waals surface area contributed by atoms with Crippen molar-refractivity contribution in [3.05, 3.63) is 57.5 Å². The third kappa shape index (κ3) is 4.85. The summed E-state index contributed by atoms with van der Waals surface area (Å²) in [5.41, 5.74) is 8.55. The van der Waals surface area contributed by atoms with Crippen molar-refractivity contribution in [2.24, 2.45) is 11.7 Å². The Kier molecular flexibility index (Phi) is 7.19. The minimum absolute atomic E-state index is 0.119. The summed E-state index contributed by atoms with van der Waals surface area (Å²) >= 11 is 12.5. The number of anilines is 1. The number of nitrogens with one attached hydrogen (secondary N) is 1. The van der Waals surface area contributed by atoms with Gasteiger partial charge in [-0.1, -0.05) is 23.2 Å². The number of nitrogens with two attached hydrogens (primary N) is 1. The highest BCUT2D eigenvalue weighted by Crippen LogP contribution is 2.37. The van der Waals surface area contributed by atoms with Crippen LogP contribution >= 0.6 is 23.2 Å². The minimum atomic E-state index is -0.483. The second kappa shape index (κ2) is 9.94. The largest absolute Gasteiger partial charge is 0.392 e. The van der Waals surface area contributed by atoms with Crippen LogP contribution < -0.4 is 11.1 Å². The van der Waals surface area contributed by atoms with Gasteiger partial charge in [0.1, 0.15) is 5.82 Å². The van der Waals surface area contributed by atoms with Crippen LogP contribution in [0.5, 0.6) is 0 Å². The number of hydrogen-bond donors (Lipinski definition) is 3. The van der Waals surface area contributed by atoms with Gasteiger partial charge in [-0.3, -0.25) is 9.78 Å². The molecule has 1 aliphatic carbocycles. The van der Waals surface area contributed by atoms with E-state index < -0.39 is 5.82 Å². The van der Waals surface area contributed by atoms with Gasteiger partial charge in [0.15, 0.2) is 5.78 Å². The molecule has 0 radical (unpaired) electrons. The Morgan fingerprint density at radius 1 is 1.18 bits per heavy atom. The fourth-order valence-corrected chi connectivity index (χ4v) is 5.12. The quantitative estimate of drug-likeness (QED) is 0.371. The maximum Gasteiger partial charge on any atom is 0.163 e. The van der Waals surface area contributed by atoms with Gasteiger partial charge < -0.3 is 16.2 Å². The van der Waals surface area contributed by atoms with Crippen LogP contribution in [0.15, 0.2) is 30.5 Å². The van der Waals surface area contributed by atoms with Gasteiger partial charge in [0.05, 0.1) is 23.4 Å². The van der Waals surface area contributed by atoms with E-state index in [1.807, 2.05) is 0 Å². The fourth-order valence-electron chi connectivity index (χ4n) is 4.51. The van der Waals surface area contributed by atoms with Crippen LogP contribution in [0.3, 0.4) is 0 Å². The van der Waals surface area contributed by atoms with Crippen molar-refractivity contribution in [1.29, 1.82) is 0 Å². The van der Waals surface area contributed by atoms with Gasteiger partial charge in [-0.05, 0) is 68.8 Å². The third-order valence-corrected chi connectivity index (χ3v) is 7.15. The number of aliphatic hydroxyl groups is 1. The molecular weight excluding hydrogens is 464 g/mol. The summed E-state index contributed by atoms with van der Waals surface area (Å²) < 4.78 is 15.1. The van der Waals surface area contributed by atoms with Crippen molar-refractivity contribution >= 4 is 45.6 Å². The van der Waals surface area contributed by atoms with Gasteiger partial charge in [0, 0.05) is 44.9 Å². The van der Waals surface area contributed by atoms with Crippen LogP contribution in [-0.2, 0) is 6.61 Å². The highest BCUT2D eigenvalue weighted by Gasteiger charge is 2.23. The number of hydrogen-bond acceptors (Lipinski definition) is 5. The molecule has 1 aliphatic rings. The Hall–Kier alpha value is -2.25. The number of pyridine rings is 1. The molecule has 4 N–H and O–H groups in total. The zero-order valence-electron chi connectivity index (χ0n) is 18.3. The molecule has 2 aromatic carbocycles. The number of fused-ring (bicyclic) bond motifs is 1. The first-order chi connectivity index (χ1) is 15.8. The number of aromatic nitrogens is 1. The van der Waals surface area contributed by atoms with Gasteiger partial charge >= 0.3 is 0 Å². The second-order valence-corrected chi connectivity index (χ2v) is 9.44. The average molecular weight is 490 g/mol. The molecule has 4 rings (SSSR count). The standard InChI is InChI=1S/C25H26Cl2FN3O2/c1-13(33)19-11-30-24-9-23(28)17(15-6-21(26)20(12-32)22(27)7-15)8-18(24)25(19)31-16-4-2-14(10-29)3-5-16/h6-9,11,14,16,32H,2-5,10,12,29H2,1H3,(H,30,31). The molecule has 0 aliphatic heterocycles. The molecular formula is C25H26Cl2FN3O2. The number of halogens is 3. The van der Waals surface area contributed by atoms with Gasteiger partial charge in [-0.25, -0.2) is 4.39 Å². The molecule has 33 heavy (non-hydrogen) atoms. The lowest BCUT2D eigenvalue weighted by Gasteiger charge is -2.30. The fraction of sp³-hybridized carbons (Fsp3) is 0.360. The summed E-state index contributed by atoms with van der Waals surface area (Å²) in [7, 11) is 0. The summed E-state index contributed by atoms with van der Waals surface area (Å²) in [5, 5.41) is 14.2. The predicted molar refractivity (Wildman–Crippen MR) is 132 cm³/mol. The zero-order chi connectivity index (χ0) is 23.7. The van der Waals surface area contributed by atoms with Crippen LogP contribution in [0.25, 0.3) is 22.0 Å². The van der Waals surface area contributed by atoms with Crippen molar-refractivity contribution < 1.29 is 14.3 Å². The van der Waals surface area contributed by atoms with E-state index in [1.165, 1.54) is 19.2 Å². The molecule has 1 aromatic heterocycles. The molecule has 3 aromatic rings. The lowest BCUT2D eigenvalue weighted by Crippen LogP contribution is -2.29. The summed E-state index contributed by atoms with van der Waals surface area (Å²) in [6, 6.07) is 6.38. The SMILES string of the molecule is CC(=O)c1cnc2cc(F)c(-c3cc(Cl)c(CO)c(Cl)c3)cc2c1NC1CCC(CN)CC1. The topological polar surface area (TPSA) is 88.2 Å². The molecule has 5 nitrogen and oxygen atoms in total. The number of ketones is 1. The summed E-state index contributed by atoms with van der Waals surface area (Å²) in [4.78, 5) is 16.7. The van der Waals surface area contributed by atoms with Crippen LogP contribution in [0.1, 0.15) is 48.5 Å². The van der Waals surface area contributed by atoms with E-state index in [-0.39, 0.29) is 34.0 Å². The molecule has 0 unspecified atom stereocenters. The van der Waals surface area contributed by atoms with Gasteiger partial charge in [-0.2, -0.15) is 0 Å². The number of Topliss-reactive ketones (excluding diaryl/α,β-unsaturated/α-hetero) is 1. The highest BCUT2D eigenvalue weighted by molar-refractivity contribution is 6.36. The number of carbonyl (C=O) groups excluding carboxylic acids is 1. The van der Waals surface area contributed by atoms with E-state index in [9.17, 15) is 9.90 Å². The molecule has 0 atom stereocenters. The number of benzene rings is 2. The van der Waals surface area contributed by atoms with Crippen LogP contribution in [-0.4, -0.2) is 28.5 Å². The van der Waals surface area contributed by atoms with Crippen molar-refractivity contribution in [2.45, 2.75) is 45.3 Å². The molecule has 0 spiro atoms. The average Bonchev–Trinajstić information content (AvgIpc) is 2.79. The van der Waals surface area contributed by atoms with Crippen LogP contribution in [0, 0.1) is 11.7 Å². The minimum Gasteiger partial charge on any atom is -0.392 e. The summed E-state index contributed by atoms with van der Waals surface area (Å²) in [5.74, 6) is -0.0720. The van der Waals surface area contributed by atoms with Crippen LogP contribution in [0.4, 0.5) is 10.1 Å². The first-order valence-corrected chi connectivity index (χ1v) is 11.8. The highest BCUT2D eigenvalue weighted by atomic mass is 35.5. The molecule has 8 heteroatoms. The first-order valence-electron chi connectivity index (χ1n) is 11.0. The molecule has 0 saturated heterocycles. The van der Waals surface area contributed by atoms with E-state index in [1.54, 1.807) is 18.2 Å². The number of carbonyl (C=O) groups is 1. The monoisotopic (exact) mass is 489 g/mol. The third-order valence-electron chi connectivity index (χ3n) is 6.47. The van der Waals surface area contributed by atoms with Crippen molar-refractivity contribution in [1.82, 2.24) is 4.98 Å². The smallest absolute Gasteiger partial charge is 0.163 e. The van der Waals surface area contributed by atoms with Gasteiger partial charge in [0.25, 0.3) is 0 Å². The Labute approximate surface area is 202 Å². The Balaban J connectivity index is 1.83. The van der Waals surface area contributed by atoms with Crippen molar-refractivity contribution in [2.75, 3.05) is 11.9 Å². The van der Waals surface area contributed by atoms with E-state index >= 15 is 4.39 Å². The Morgan fingerprint density at radius 2 is 1.85 bits per heavy atom. The number of aliphatic hydroxyl groups excluding tert-OH is 1. The molecule has 0 amide bonds. The van der Waals surface area contributed by atoms with E-state index in [4.69, 9.17) is 28.9 Å². The normalized spacial score (nSPS) is 18.5. The Morgan fingerprint density at radius 3 is 2.42 bits per heavy atom. The van der Waals surface area contributed by atoms with Crippen LogP contribution in [0.2, 0.25) is 10.0 Å². The molecule has 0 bridgehead atoms. The second-order valence-electron chi connectivity index (χ2n) is 8.63. The molecule has 1 fully saturated rings. The van der Waals surface area contributed by atoms with Crippen molar-refractivity contribution in [3.8, 4) is 11.1 Å². The maximum absolute atomic E-state index is 15.1. The summed E-state index contributed by atoms with van der Waals surface area (Å²) in [6.07, 6.45) is 5.46. The maximum atomic E-state index is 15.1. The number of rotatable bonds is 6. The molecule has 1 heterocycles. The lowest BCUT2D eigenvalue weighted by molar-refractivity contribution is 0.101. The number of nitrogens with zero attached hydrogens (tertiary/aromatic N) is 1. The van der Waals surface area contributed by atoms with E-state index in [0.717, 1.165) is 25.7 Å². The first kappa shape index (κ1) is 23.9. The lowest BCUT2D eigenvalue weighted by atomic mass is 9.86. The van der Waals surface area contributed by atoms with E-state index in [0.29, 0.717) is 45.7 Å². The zero-order valence-corrected chi connectivity index (χ0v) is 19.8. The molecule has 174 valence electrons. The van der Waals surface area contributed by atoms with Gasteiger partial charge in [0.2, 0.25) is 0 Å². The predicted octanol–water partition coefficient (Wildman–Crippen LogP) is 5.97. The van der Waals surface area contributed by atoms with Gasteiger partial charge in [-0.15, -0.1) is 0 Å². The summed E-state index contributed by atoms with van der Waals surface area (Å²) in [6.45, 7) is 1.87. The van der Waals surface area contributed by atoms with Crippen molar-refractivity contribution in [3.63, 3.8) is 0 Å². The van der Waals surface area contributed by atoms with E-state index in [2.05, 4.69) is 10.3 Å². The Bertz CT molecular complexity index is 1190. The molecule has 1 saturated carbocycles.